The fourth-order valence-corrected chi connectivity index (χ4v) is 3.21. The SMILES string of the molecule is Cc1ccc([C@@H]2C[C@H](C)N(Cc3nnnn3CC(F)(F)F)C2)cc1. The van der Waals surface area contributed by atoms with Gasteiger partial charge in [0, 0.05) is 12.6 Å². The standard InChI is InChI=1S/C16H20F3N5/c1-11-3-5-13(6-4-11)14-7-12(2)23(8-14)9-15-20-21-22-24(15)10-16(17,18)19/h3-6,12,14H,7-10H2,1-2H3/t12-,14+/m0/s1. The van der Waals surface area contributed by atoms with Crippen LogP contribution in [0.25, 0.3) is 0 Å². The minimum absolute atomic E-state index is 0.253. The fourth-order valence-electron chi connectivity index (χ4n) is 3.21. The van der Waals surface area contributed by atoms with Crippen LogP contribution >= 0.6 is 0 Å². The number of aromatic nitrogens is 4. The first kappa shape index (κ1) is 16.9. The predicted molar refractivity (Wildman–Crippen MR) is 82.3 cm³/mol. The minimum atomic E-state index is -4.33. The highest BCUT2D eigenvalue weighted by Gasteiger charge is 2.33. The molecule has 2 atom stereocenters. The topological polar surface area (TPSA) is 46.8 Å². The lowest BCUT2D eigenvalue weighted by atomic mass is 9.96. The van der Waals surface area contributed by atoms with E-state index in [2.05, 4.69) is 51.6 Å². The molecule has 24 heavy (non-hydrogen) atoms. The molecule has 0 spiro atoms. The van der Waals surface area contributed by atoms with Crippen LogP contribution in [0, 0.1) is 6.92 Å². The van der Waals surface area contributed by atoms with Gasteiger partial charge in [0.05, 0.1) is 6.54 Å². The molecule has 3 rings (SSSR count). The molecule has 2 aromatic rings. The van der Waals surface area contributed by atoms with Crippen molar-refractivity contribution in [3.63, 3.8) is 0 Å². The van der Waals surface area contributed by atoms with Gasteiger partial charge in [0.15, 0.2) is 5.82 Å². The molecule has 0 N–H and O–H groups in total. The number of nitrogens with zero attached hydrogens (tertiary/aromatic N) is 5. The van der Waals surface area contributed by atoms with Crippen molar-refractivity contribution in [1.29, 1.82) is 0 Å². The van der Waals surface area contributed by atoms with Crippen molar-refractivity contribution in [3.05, 3.63) is 41.2 Å². The lowest BCUT2D eigenvalue weighted by molar-refractivity contribution is -0.143. The smallest absolute Gasteiger partial charge is 0.293 e. The predicted octanol–water partition coefficient (Wildman–Crippen LogP) is 2.92. The molecule has 1 fully saturated rings. The summed E-state index contributed by atoms with van der Waals surface area (Å²) in [6.45, 7) is 4.11. The van der Waals surface area contributed by atoms with Gasteiger partial charge >= 0.3 is 6.18 Å². The second-order valence-electron chi connectivity index (χ2n) is 6.49. The lowest BCUT2D eigenvalue weighted by Gasteiger charge is -2.20. The molecule has 1 aliphatic rings. The third-order valence-electron chi connectivity index (χ3n) is 4.53. The molecule has 2 heterocycles. The summed E-state index contributed by atoms with van der Waals surface area (Å²) in [6.07, 6.45) is -3.35. The van der Waals surface area contributed by atoms with Crippen LogP contribution < -0.4 is 0 Å². The molecule has 5 nitrogen and oxygen atoms in total. The molecule has 0 amide bonds. The van der Waals surface area contributed by atoms with Crippen LogP contribution in [0.4, 0.5) is 13.2 Å². The largest absolute Gasteiger partial charge is 0.408 e. The van der Waals surface area contributed by atoms with Crippen LogP contribution in [0.3, 0.4) is 0 Å². The number of tetrazole rings is 1. The van der Waals surface area contributed by atoms with Crippen molar-refractivity contribution in [2.45, 2.75) is 51.5 Å². The highest BCUT2D eigenvalue weighted by atomic mass is 19.4. The van der Waals surface area contributed by atoms with Gasteiger partial charge in [-0.1, -0.05) is 29.8 Å². The van der Waals surface area contributed by atoms with Gasteiger partial charge in [-0.3, -0.25) is 4.90 Å². The zero-order valence-corrected chi connectivity index (χ0v) is 13.7. The molecular formula is C16H20F3N5. The summed E-state index contributed by atoms with van der Waals surface area (Å²) in [4.78, 5) is 2.14. The monoisotopic (exact) mass is 339 g/mol. The minimum Gasteiger partial charge on any atom is -0.293 e. The molecule has 0 radical (unpaired) electrons. The summed E-state index contributed by atoms with van der Waals surface area (Å²) in [5, 5.41) is 10.6. The van der Waals surface area contributed by atoms with E-state index >= 15 is 0 Å². The summed E-state index contributed by atoms with van der Waals surface area (Å²) in [6, 6.07) is 8.71. The van der Waals surface area contributed by atoms with E-state index in [0.717, 1.165) is 17.6 Å². The van der Waals surface area contributed by atoms with Crippen molar-refractivity contribution in [3.8, 4) is 0 Å². The Labute approximate surface area is 138 Å². The molecule has 130 valence electrons. The highest BCUT2D eigenvalue weighted by molar-refractivity contribution is 5.26. The van der Waals surface area contributed by atoms with E-state index in [1.54, 1.807) is 0 Å². The van der Waals surface area contributed by atoms with E-state index in [0.29, 0.717) is 12.5 Å². The van der Waals surface area contributed by atoms with Gasteiger partial charge in [0.2, 0.25) is 0 Å². The quantitative estimate of drug-likeness (QED) is 0.859. The number of hydrogen-bond acceptors (Lipinski definition) is 4. The van der Waals surface area contributed by atoms with Crippen LogP contribution in [0.15, 0.2) is 24.3 Å². The van der Waals surface area contributed by atoms with Gasteiger partial charge in [0.25, 0.3) is 0 Å². The van der Waals surface area contributed by atoms with Crippen molar-refractivity contribution in [1.82, 2.24) is 25.1 Å². The van der Waals surface area contributed by atoms with E-state index < -0.39 is 12.7 Å². The van der Waals surface area contributed by atoms with Crippen LogP contribution in [-0.4, -0.2) is 43.9 Å². The number of rotatable bonds is 4. The number of hydrogen-bond donors (Lipinski definition) is 0. The van der Waals surface area contributed by atoms with Crippen molar-refractivity contribution < 1.29 is 13.2 Å². The Kier molecular flexibility index (Phi) is 4.58. The third kappa shape index (κ3) is 3.92. The molecule has 1 aromatic carbocycles. The molecular weight excluding hydrogens is 319 g/mol. The van der Waals surface area contributed by atoms with Crippen LogP contribution in [0.2, 0.25) is 0 Å². The number of likely N-dealkylation sites (tertiary alicyclic amines) is 1. The van der Waals surface area contributed by atoms with Gasteiger partial charge in [-0.05, 0) is 42.2 Å². The average Bonchev–Trinajstić information content (AvgIpc) is 3.06. The maximum Gasteiger partial charge on any atom is 0.408 e. The van der Waals surface area contributed by atoms with Gasteiger partial charge in [-0.25, -0.2) is 4.68 Å². The third-order valence-corrected chi connectivity index (χ3v) is 4.53. The molecule has 1 aliphatic heterocycles. The second kappa shape index (κ2) is 6.51. The zero-order chi connectivity index (χ0) is 17.3. The van der Waals surface area contributed by atoms with Crippen molar-refractivity contribution >= 4 is 0 Å². The summed E-state index contributed by atoms with van der Waals surface area (Å²) < 4.78 is 38.6. The first-order valence-electron chi connectivity index (χ1n) is 7.94. The number of benzene rings is 1. The second-order valence-corrected chi connectivity index (χ2v) is 6.49. The van der Waals surface area contributed by atoms with Gasteiger partial charge < -0.3 is 0 Å². The molecule has 0 unspecified atom stereocenters. The van der Waals surface area contributed by atoms with Crippen LogP contribution in [0.1, 0.15) is 36.2 Å². The molecule has 0 saturated carbocycles. The fraction of sp³-hybridized carbons (Fsp3) is 0.562. The first-order chi connectivity index (χ1) is 11.3. The zero-order valence-electron chi connectivity index (χ0n) is 13.7. The summed E-state index contributed by atoms with van der Waals surface area (Å²) in [5.41, 5.74) is 2.48. The van der Waals surface area contributed by atoms with E-state index in [1.807, 2.05) is 6.92 Å². The maximum absolute atomic E-state index is 12.6. The Morgan fingerprint density at radius 3 is 2.58 bits per heavy atom. The number of halogens is 3. The molecule has 1 saturated heterocycles. The Hall–Kier alpha value is -1.96. The van der Waals surface area contributed by atoms with E-state index in [-0.39, 0.29) is 11.9 Å². The van der Waals surface area contributed by atoms with Crippen molar-refractivity contribution in [2.75, 3.05) is 6.54 Å². The Morgan fingerprint density at radius 1 is 1.21 bits per heavy atom. The van der Waals surface area contributed by atoms with E-state index in [9.17, 15) is 13.2 Å². The van der Waals surface area contributed by atoms with E-state index in [4.69, 9.17) is 0 Å². The lowest BCUT2D eigenvalue weighted by Crippen LogP contribution is -2.29. The Morgan fingerprint density at radius 2 is 1.92 bits per heavy atom. The van der Waals surface area contributed by atoms with Crippen LogP contribution in [-0.2, 0) is 13.1 Å². The molecule has 1 aromatic heterocycles. The average molecular weight is 339 g/mol. The van der Waals surface area contributed by atoms with E-state index in [1.165, 1.54) is 11.1 Å². The first-order valence-corrected chi connectivity index (χ1v) is 7.94. The van der Waals surface area contributed by atoms with Gasteiger partial charge in [0.1, 0.15) is 6.54 Å². The number of aryl methyl sites for hydroxylation is 1. The van der Waals surface area contributed by atoms with Gasteiger partial charge in [-0.2, -0.15) is 13.2 Å². The van der Waals surface area contributed by atoms with Crippen molar-refractivity contribution in [2.24, 2.45) is 0 Å². The molecule has 8 heteroatoms. The normalized spacial score (nSPS) is 22.2. The Bertz CT molecular complexity index is 680. The van der Waals surface area contributed by atoms with Gasteiger partial charge in [-0.15, -0.1) is 5.10 Å². The summed E-state index contributed by atoms with van der Waals surface area (Å²) in [5.74, 6) is 0.635. The molecule has 0 aliphatic carbocycles. The molecule has 0 bridgehead atoms. The van der Waals surface area contributed by atoms with Crippen LogP contribution in [0.5, 0.6) is 0 Å². The highest BCUT2D eigenvalue weighted by Crippen LogP contribution is 2.32. The Balaban J connectivity index is 1.68. The maximum atomic E-state index is 12.6. The summed E-state index contributed by atoms with van der Waals surface area (Å²) >= 11 is 0. The number of alkyl halides is 3. The summed E-state index contributed by atoms with van der Waals surface area (Å²) in [7, 11) is 0.